The van der Waals surface area contributed by atoms with Gasteiger partial charge in [0.25, 0.3) is 11.8 Å². The van der Waals surface area contributed by atoms with Crippen molar-refractivity contribution in [2.75, 3.05) is 15.6 Å². The minimum atomic E-state index is -0.550. The molecule has 1 aliphatic heterocycles. The van der Waals surface area contributed by atoms with Crippen molar-refractivity contribution < 1.29 is 9.59 Å². The second kappa shape index (κ2) is 9.67. The van der Waals surface area contributed by atoms with Crippen LogP contribution in [0.5, 0.6) is 0 Å². The van der Waals surface area contributed by atoms with Crippen molar-refractivity contribution >= 4 is 46.8 Å². The summed E-state index contributed by atoms with van der Waals surface area (Å²) in [6, 6.07) is 13.5. The summed E-state index contributed by atoms with van der Waals surface area (Å²) in [5, 5.41) is 11.8. The van der Waals surface area contributed by atoms with E-state index >= 15 is 0 Å². The number of nitrogens with one attached hydrogen (secondary N) is 2. The van der Waals surface area contributed by atoms with Crippen LogP contribution in [-0.4, -0.2) is 28.0 Å². The van der Waals surface area contributed by atoms with Crippen molar-refractivity contribution in [3.8, 4) is 0 Å². The molecule has 3 aromatic rings. The molecule has 0 spiro atoms. The van der Waals surface area contributed by atoms with E-state index in [1.807, 2.05) is 12.1 Å². The van der Waals surface area contributed by atoms with Crippen LogP contribution in [0.2, 0.25) is 5.02 Å². The van der Waals surface area contributed by atoms with Gasteiger partial charge in [0.1, 0.15) is 5.82 Å². The van der Waals surface area contributed by atoms with Gasteiger partial charge < -0.3 is 10.6 Å². The van der Waals surface area contributed by atoms with Gasteiger partial charge in [-0.15, -0.1) is 0 Å². The highest BCUT2D eigenvalue weighted by atomic mass is 35.5. The Labute approximate surface area is 189 Å². The lowest BCUT2D eigenvalue weighted by Gasteiger charge is -2.20. The highest BCUT2D eigenvalue weighted by Gasteiger charge is 2.22. The first-order valence-electron chi connectivity index (χ1n) is 9.57. The summed E-state index contributed by atoms with van der Waals surface area (Å²) in [4.78, 5) is 34.3. The number of hydrogen-bond acceptors (Lipinski definition) is 6. The normalized spacial score (nSPS) is 12.3. The van der Waals surface area contributed by atoms with E-state index in [-0.39, 0.29) is 17.3 Å². The third kappa shape index (κ3) is 4.88. The maximum atomic E-state index is 13.1. The van der Waals surface area contributed by atoms with Gasteiger partial charge in [-0.25, -0.2) is 15.0 Å². The molecule has 158 valence electrons. The SMILES string of the molecule is O=C(Nc1c(N2C=CC=CC=N2)ccnc1C(=O)Nc1ccc(Cl)cn1)c1ccccc1. The van der Waals surface area contributed by atoms with Gasteiger partial charge in [-0.05, 0) is 42.5 Å². The zero-order valence-corrected chi connectivity index (χ0v) is 17.4. The molecule has 0 fully saturated rings. The number of aromatic nitrogens is 2. The van der Waals surface area contributed by atoms with E-state index in [1.54, 1.807) is 72.0 Å². The van der Waals surface area contributed by atoms with Crippen LogP contribution in [0.15, 0.2) is 90.5 Å². The lowest BCUT2D eigenvalue weighted by atomic mass is 10.2. The lowest BCUT2D eigenvalue weighted by Crippen LogP contribution is -2.22. The van der Waals surface area contributed by atoms with Crippen molar-refractivity contribution in [3.05, 3.63) is 102 Å². The standard InChI is InChI=1S/C23H17ClN6O2/c24-17-9-10-19(26-15-17)28-23(32)21-20(29-22(31)16-7-3-1-4-8-16)18(11-13-25-21)30-14-6-2-5-12-27-30/h1-15H,(H,29,31)(H,26,28,32). The Morgan fingerprint density at radius 3 is 2.50 bits per heavy atom. The zero-order chi connectivity index (χ0) is 22.3. The van der Waals surface area contributed by atoms with Crippen molar-refractivity contribution in [2.24, 2.45) is 5.10 Å². The Morgan fingerprint density at radius 1 is 0.875 bits per heavy atom. The van der Waals surface area contributed by atoms with Gasteiger partial charge in [0.05, 0.1) is 16.4 Å². The Morgan fingerprint density at radius 2 is 1.72 bits per heavy atom. The van der Waals surface area contributed by atoms with Crippen LogP contribution in [0.4, 0.5) is 17.2 Å². The van der Waals surface area contributed by atoms with Gasteiger partial charge in [-0.2, -0.15) is 5.10 Å². The molecule has 2 amide bonds. The van der Waals surface area contributed by atoms with Crippen LogP contribution >= 0.6 is 11.6 Å². The summed E-state index contributed by atoms with van der Waals surface area (Å²) in [6.07, 6.45) is 11.6. The number of allylic oxidation sites excluding steroid dienone is 3. The summed E-state index contributed by atoms with van der Waals surface area (Å²) in [6.45, 7) is 0. The van der Waals surface area contributed by atoms with Gasteiger partial charge in [-0.1, -0.05) is 35.9 Å². The first-order chi connectivity index (χ1) is 15.6. The minimum Gasteiger partial charge on any atom is -0.318 e. The van der Waals surface area contributed by atoms with Gasteiger partial charge in [0, 0.05) is 30.4 Å². The number of amides is 2. The van der Waals surface area contributed by atoms with E-state index in [0.717, 1.165) is 0 Å². The number of hydrazone groups is 1. The Bertz CT molecular complexity index is 1210. The number of carbonyl (C=O) groups is 2. The molecule has 4 rings (SSSR count). The van der Waals surface area contributed by atoms with Gasteiger partial charge in [0.2, 0.25) is 0 Å². The predicted molar refractivity (Wildman–Crippen MR) is 125 cm³/mol. The molecule has 8 nitrogen and oxygen atoms in total. The first-order valence-corrected chi connectivity index (χ1v) is 9.94. The molecule has 3 heterocycles. The molecule has 0 radical (unpaired) electrons. The molecule has 2 aromatic heterocycles. The van der Waals surface area contributed by atoms with Crippen molar-refractivity contribution in [3.63, 3.8) is 0 Å². The quantitative estimate of drug-likeness (QED) is 0.603. The molecule has 0 saturated carbocycles. The van der Waals surface area contributed by atoms with Crippen molar-refractivity contribution in [2.45, 2.75) is 0 Å². The summed E-state index contributed by atoms with van der Waals surface area (Å²) >= 11 is 5.86. The highest BCUT2D eigenvalue weighted by Crippen LogP contribution is 2.30. The maximum absolute atomic E-state index is 13.1. The topological polar surface area (TPSA) is 99.6 Å². The Balaban J connectivity index is 1.73. The maximum Gasteiger partial charge on any atom is 0.277 e. The molecule has 0 saturated heterocycles. The van der Waals surface area contributed by atoms with E-state index in [1.165, 1.54) is 12.4 Å². The summed E-state index contributed by atoms with van der Waals surface area (Å²) in [5.41, 5.74) is 1.11. The van der Waals surface area contributed by atoms with Crippen LogP contribution < -0.4 is 15.6 Å². The van der Waals surface area contributed by atoms with Crippen LogP contribution in [0.3, 0.4) is 0 Å². The molecule has 0 unspecified atom stereocenters. The van der Waals surface area contributed by atoms with Crippen molar-refractivity contribution in [1.29, 1.82) is 0 Å². The number of benzene rings is 1. The largest absolute Gasteiger partial charge is 0.318 e. The fourth-order valence-electron chi connectivity index (χ4n) is 2.87. The monoisotopic (exact) mass is 444 g/mol. The van der Waals surface area contributed by atoms with Gasteiger partial charge in [-0.3, -0.25) is 9.59 Å². The molecular weight excluding hydrogens is 428 g/mol. The average molecular weight is 445 g/mol. The highest BCUT2D eigenvalue weighted by molar-refractivity contribution is 6.30. The van der Waals surface area contributed by atoms with E-state index in [0.29, 0.717) is 22.1 Å². The predicted octanol–water partition coefficient (Wildman–Crippen LogP) is 4.51. The molecule has 32 heavy (non-hydrogen) atoms. The van der Waals surface area contributed by atoms with Crippen molar-refractivity contribution in [1.82, 2.24) is 9.97 Å². The number of pyridine rings is 2. The smallest absolute Gasteiger partial charge is 0.277 e. The third-order valence-corrected chi connectivity index (χ3v) is 4.58. The van der Waals surface area contributed by atoms with Gasteiger partial charge in [0.15, 0.2) is 5.69 Å². The molecule has 1 aliphatic rings. The lowest BCUT2D eigenvalue weighted by molar-refractivity contribution is 0.102. The number of hydrogen-bond donors (Lipinski definition) is 2. The number of nitrogens with zero attached hydrogens (tertiary/aromatic N) is 4. The summed E-state index contributed by atoms with van der Waals surface area (Å²) < 4.78 is 0. The molecular formula is C23H17ClN6O2. The van der Waals surface area contributed by atoms with Crippen LogP contribution in [0.25, 0.3) is 0 Å². The number of carbonyl (C=O) groups excluding carboxylic acids is 2. The average Bonchev–Trinajstić information content (AvgIpc) is 3.11. The fraction of sp³-hybridized carbons (Fsp3) is 0. The Kier molecular flexibility index (Phi) is 6.33. The van der Waals surface area contributed by atoms with Crippen LogP contribution in [-0.2, 0) is 0 Å². The number of halogens is 1. The van der Waals surface area contributed by atoms with Crippen LogP contribution in [0.1, 0.15) is 20.8 Å². The minimum absolute atomic E-state index is 0.00402. The van der Waals surface area contributed by atoms with E-state index in [4.69, 9.17) is 11.6 Å². The zero-order valence-electron chi connectivity index (χ0n) is 16.6. The third-order valence-electron chi connectivity index (χ3n) is 4.36. The summed E-state index contributed by atoms with van der Waals surface area (Å²) in [7, 11) is 0. The molecule has 0 atom stereocenters. The molecule has 1 aromatic carbocycles. The molecule has 9 heteroatoms. The van der Waals surface area contributed by atoms with E-state index < -0.39 is 5.91 Å². The summed E-state index contributed by atoms with van der Waals surface area (Å²) in [5.74, 6) is -0.644. The van der Waals surface area contributed by atoms with E-state index in [2.05, 4.69) is 25.7 Å². The number of anilines is 3. The first kappa shape index (κ1) is 21.0. The molecule has 0 bridgehead atoms. The van der Waals surface area contributed by atoms with E-state index in [9.17, 15) is 9.59 Å². The Hall–Kier alpha value is -4.30. The molecule has 2 N–H and O–H groups in total. The fourth-order valence-corrected chi connectivity index (χ4v) is 2.99. The molecule has 0 aliphatic carbocycles. The number of rotatable bonds is 5. The van der Waals surface area contributed by atoms with Crippen LogP contribution in [0, 0.1) is 0 Å². The van der Waals surface area contributed by atoms with Gasteiger partial charge >= 0.3 is 0 Å². The second-order valence-corrected chi connectivity index (χ2v) is 6.96. The second-order valence-electron chi connectivity index (χ2n) is 6.53.